The highest BCUT2D eigenvalue weighted by atomic mass is 31.2. The van der Waals surface area contributed by atoms with Gasteiger partial charge in [-0.1, -0.05) is 43.7 Å². The van der Waals surface area contributed by atoms with Gasteiger partial charge in [0, 0.05) is 0 Å². The van der Waals surface area contributed by atoms with Crippen LogP contribution < -0.4 is 0 Å². The molecule has 0 heterocycles. The quantitative estimate of drug-likeness (QED) is 0.628. The minimum Gasteiger partial charge on any atom is -0.309 e. The Bertz CT molecular complexity index is 365. The van der Waals surface area contributed by atoms with Crippen molar-refractivity contribution >= 4 is 7.60 Å². The molecule has 0 aliphatic rings. The van der Waals surface area contributed by atoms with Gasteiger partial charge in [-0.05, 0) is 25.3 Å². The second kappa shape index (κ2) is 8.47. The topological polar surface area (TPSA) is 35.5 Å². The summed E-state index contributed by atoms with van der Waals surface area (Å²) in [6.45, 7) is 4.80. The van der Waals surface area contributed by atoms with Crippen LogP contribution in [-0.2, 0) is 20.0 Å². The lowest BCUT2D eigenvalue weighted by Crippen LogP contribution is -2.03. The summed E-state index contributed by atoms with van der Waals surface area (Å²) in [5, 5.41) is 0. The van der Waals surface area contributed by atoms with E-state index in [-0.39, 0.29) is 0 Å². The van der Waals surface area contributed by atoms with Gasteiger partial charge in [0.25, 0.3) is 0 Å². The first-order chi connectivity index (χ1) is 8.70. The molecule has 0 bridgehead atoms. The summed E-state index contributed by atoms with van der Waals surface area (Å²) in [7, 11) is -2.87. The van der Waals surface area contributed by atoms with Crippen molar-refractivity contribution in [2.24, 2.45) is 0 Å². The Morgan fingerprint density at radius 2 is 1.83 bits per heavy atom. The lowest BCUT2D eigenvalue weighted by Gasteiger charge is -2.17. The Morgan fingerprint density at radius 1 is 1.11 bits per heavy atom. The molecule has 0 spiro atoms. The van der Waals surface area contributed by atoms with Gasteiger partial charge in [-0.2, -0.15) is 0 Å². The number of rotatable bonds is 9. The van der Waals surface area contributed by atoms with E-state index in [9.17, 15) is 4.57 Å². The molecule has 0 saturated heterocycles. The molecule has 102 valence electrons. The molecule has 1 aromatic rings. The lowest BCUT2D eigenvalue weighted by molar-refractivity contribution is 0.213. The maximum Gasteiger partial charge on any atom is 0.330 e. The minimum atomic E-state index is -2.87. The highest BCUT2D eigenvalue weighted by molar-refractivity contribution is 7.53. The predicted octanol–water partition coefficient (Wildman–Crippen LogP) is 4.28. The van der Waals surface area contributed by atoms with Gasteiger partial charge >= 0.3 is 7.60 Å². The van der Waals surface area contributed by atoms with Gasteiger partial charge in [-0.15, -0.1) is 0 Å². The third-order valence-electron chi connectivity index (χ3n) is 2.63. The molecule has 0 aromatic heterocycles. The van der Waals surface area contributed by atoms with E-state index in [0.717, 1.165) is 19.3 Å². The van der Waals surface area contributed by atoms with Gasteiger partial charge in [0.05, 0.1) is 19.4 Å². The highest BCUT2D eigenvalue weighted by Gasteiger charge is 2.22. The van der Waals surface area contributed by atoms with Crippen LogP contribution in [0.5, 0.6) is 0 Å². The smallest absolute Gasteiger partial charge is 0.309 e. The van der Waals surface area contributed by atoms with E-state index >= 15 is 0 Å². The zero-order chi connectivity index (χ0) is 13.3. The van der Waals surface area contributed by atoms with E-state index in [1.54, 1.807) is 0 Å². The van der Waals surface area contributed by atoms with Crippen LogP contribution in [0.25, 0.3) is 0 Å². The van der Waals surface area contributed by atoms with Gasteiger partial charge in [0.1, 0.15) is 0 Å². The third kappa shape index (κ3) is 5.81. The monoisotopic (exact) mass is 270 g/mol. The molecule has 1 unspecified atom stereocenters. The molecule has 0 fully saturated rings. The van der Waals surface area contributed by atoms with Crippen molar-refractivity contribution in [2.45, 2.75) is 33.1 Å². The second-order valence-electron chi connectivity index (χ2n) is 4.17. The van der Waals surface area contributed by atoms with Crippen LogP contribution in [0.2, 0.25) is 0 Å². The summed E-state index contributed by atoms with van der Waals surface area (Å²) in [6.07, 6.45) is 3.16. The van der Waals surface area contributed by atoms with Crippen LogP contribution in [0, 0.1) is 0 Å². The Balaban J connectivity index is 2.40. The summed E-state index contributed by atoms with van der Waals surface area (Å²) in [5.74, 6) is 0. The molecule has 0 saturated carbocycles. The summed E-state index contributed by atoms with van der Waals surface area (Å²) in [5.41, 5.74) is 1.19. The van der Waals surface area contributed by atoms with E-state index in [2.05, 4.69) is 6.92 Å². The van der Waals surface area contributed by atoms with Crippen molar-refractivity contribution in [3.63, 3.8) is 0 Å². The predicted molar refractivity (Wildman–Crippen MR) is 75.1 cm³/mol. The van der Waals surface area contributed by atoms with Crippen molar-refractivity contribution in [1.29, 1.82) is 0 Å². The average molecular weight is 270 g/mol. The zero-order valence-electron chi connectivity index (χ0n) is 11.3. The number of unbranched alkanes of at least 4 members (excludes halogenated alkanes) is 1. The fourth-order valence-electron chi connectivity index (χ4n) is 1.66. The molecule has 0 amide bonds. The standard InChI is InChI=1S/C14H23O3P/c1-3-5-13-18(15,16-4-2)17-12-11-14-9-7-6-8-10-14/h6-10H,3-5,11-13H2,1-2H3. The van der Waals surface area contributed by atoms with E-state index in [4.69, 9.17) is 9.05 Å². The van der Waals surface area contributed by atoms with E-state index in [1.807, 2.05) is 37.3 Å². The van der Waals surface area contributed by atoms with Gasteiger partial charge < -0.3 is 9.05 Å². The van der Waals surface area contributed by atoms with E-state index in [0.29, 0.717) is 19.4 Å². The van der Waals surface area contributed by atoms with E-state index < -0.39 is 7.60 Å². The van der Waals surface area contributed by atoms with Crippen molar-refractivity contribution in [3.8, 4) is 0 Å². The Morgan fingerprint density at radius 3 is 2.44 bits per heavy atom. The number of hydrogen-bond acceptors (Lipinski definition) is 3. The molecule has 1 aromatic carbocycles. The van der Waals surface area contributed by atoms with Crippen molar-refractivity contribution in [3.05, 3.63) is 35.9 Å². The average Bonchev–Trinajstić information content (AvgIpc) is 2.38. The first kappa shape index (κ1) is 15.4. The summed E-state index contributed by atoms with van der Waals surface area (Å²) in [6, 6.07) is 10.1. The molecular weight excluding hydrogens is 247 g/mol. The fourth-order valence-corrected chi connectivity index (χ4v) is 3.46. The Labute approximate surface area is 110 Å². The molecule has 0 radical (unpaired) electrons. The molecule has 0 N–H and O–H groups in total. The Hall–Kier alpha value is -0.630. The van der Waals surface area contributed by atoms with Gasteiger partial charge in [0.2, 0.25) is 0 Å². The van der Waals surface area contributed by atoms with Crippen molar-refractivity contribution in [1.82, 2.24) is 0 Å². The number of hydrogen-bond donors (Lipinski definition) is 0. The maximum atomic E-state index is 12.3. The summed E-state index contributed by atoms with van der Waals surface area (Å²) >= 11 is 0. The SMILES string of the molecule is CCCCP(=O)(OCC)OCCc1ccccc1. The fraction of sp³-hybridized carbons (Fsp3) is 0.571. The number of benzene rings is 1. The van der Waals surface area contributed by atoms with Crippen molar-refractivity contribution < 1.29 is 13.6 Å². The van der Waals surface area contributed by atoms with Gasteiger partial charge in [0.15, 0.2) is 0 Å². The normalized spacial score (nSPS) is 14.3. The molecule has 1 rings (SSSR count). The third-order valence-corrected chi connectivity index (χ3v) is 4.72. The maximum absolute atomic E-state index is 12.3. The molecule has 18 heavy (non-hydrogen) atoms. The molecule has 0 aliphatic carbocycles. The van der Waals surface area contributed by atoms with Crippen LogP contribution in [0.4, 0.5) is 0 Å². The van der Waals surface area contributed by atoms with E-state index in [1.165, 1.54) is 5.56 Å². The van der Waals surface area contributed by atoms with Crippen LogP contribution in [0.3, 0.4) is 0 Å². The van der Waals surface area contributed by atoms with Crippen LogP contribution in [-0.4, -0.2) is 19.4 Å². The van der Waals surface area contributed by atoms with Gasteiger partial charge in [-0.3, -0.25) is 4.57 Å². The summed E-state index contributed by atoms with van der Waals surface area (Å²) < 4.78 is 23.1. The highest BCUT2D eigenvalue weighted by Crippen LogP contribution is 2.48. The lowest BCUT2D eigenvalue weighted by atomic mass is 10.2. The molecule has 4 heteroatoms. The van der Waals surface area contributed by atoms with Gasteiger partial charge in [-0.25, -0.2) is 0 Å². The largest absolute Gasteiger partial charge is 0.330 e. The zero-order valence-corrected chi connectivity index (χ0v) is 12.2. The minimum absolute atomic E-state index is 0.437. The molecular formula is C14H23O3P. The molecule has 1 atom stereocenters. The summed E-state index contributed by atoms with van der Waals surface area (Å²) in [4.78, 5) is 0. The second-order valence-corrected chi connectivity index (χ2v) is 6.36. The molecule has 0 aliphatic heterocycles. The first-order valence-corrected chi connectivity index (χ1v) is 8.35. The van der Waals surface area contributed by atoms with Crippen LogP contribution >= 0.6 is 7.60 Å². The first-order valence-electron chi connectivity index (χ1n) is 6.62. The van der Waals surface area contributed by atoms with Crippen LogP contribution in [0.1, 0.15) is 32.3 Å². The Kier molecular flexibility index (Phi) is 7.26. The van der Waals surface area contributed by atoms with Crippen LogP contribution in [0.15, 0.2) is 30.3 Å². The van der Waals surface area contributed by atoms with Crippen molar-refractivity contribution in [2.75, 3.05) is 19.4 Å². The molecule has 3 nitrogen and oxygen atoms in total.